The van der Waals surface area contributed by atoms with Crippen LogP contribution >= 0.6 is 0 Å². The number of hydrogen-bond acceptors (Lipinski definition) is 7. The third-order valence-corrected chi connectivity index (χ3v) is 5.76. The van der Waals surface area contributed by atoms with Gasteiger partial charge in [0.15, 0.2) is 0 Å². The molecule has 2 N–H and O–H groups in total. The molecular weight excluding hydrogens is 356 g/mol. The first kappa shape index (κ1) is 18.9. The summed E-state index contributed by atoms with van der Waals surface area (Å²) in [6, 6.07) is 3.45. The van der Waals surface area contributed by atoms with Crippen molar-refractivity contribution in [2.45, 2.75) is 63.6 Å². The Kier molecular flexibility index (Phi) is 5.57. The van der Waals surface area contributed by atoms with Gasteiger partial charge in [-0.15, -0.1) is 0 Å². The molecule has 8 heteroatoms. The quantitative estimate of drug-likeness (QED) is 0.813. The predicted octanol–water partition coefficient (Wildman–Crippen LogP) is 1.90. The van der Waals surface area contributed by atoms with E-state index in [1.165, 1.54) is 11.1 Å². The van der Waals surface area contributed by atoms with E-state index in [2.05, 4.69) is 25.3 Å². The van der Waals surface area contributed by atoms with Crippen molar-refractivity contribution in [3.05, 3.63) is 40.6 Å². The van der Waals surface area contributed by atoms with Crippen molar-refractivity contribution < 1.29 is 5.11 Å². The van der Waals surface area contributed by atoms with Crippen LogP contribution in [0.25, 0.3) is 0 Å². The van der Waals surface area contributed by atoms with Gasteiger partial charge in [0.05, 0.1) is 24.0 Å². The molecule has 2 fully saturated rings. The molecule has 28 heavy (non-hydrogen) atoms. The van der Waals surface area contributed by atoms with E-state index in [0.29, 0.717) is 0 Å². The summed E-state index contributed by atoms with van der Waals surface area (Å²) in [7, 11) is 0. The van der Waals surface area contributed by atoms with E-state index in [-0.39, 0.29) is 17.6 Å². The van der Waals surface area contributed by atoms with E-state index in [0.717, 1.165) is 62.5 Å². The van der Waals surface area contributed by atoms with Crippen molar-refractivity contribution in [3.8, 4) is 0 Å². The Morgan fingerprint density at radius 3 is 2.86 bits per heavy atom. The minimum atomic E-state index is -0.487. The fourth-order valence-electron chi connectivity index (χ4n) is 4.30. The second-order valence-corrected chi connectivity index (χ2v) is 7.81. The molecule has 3 atom stereocenters. The Morgan fingerprint density at radius 1 is 1.18 bits per heavy atom. The van der Waals surface area contributed by atoms with Crippen LogP contribution in [0.15, 0.2) is 29.3 Å². The number of aromatic nitrogens is 4. The lowest BCUT2D eigenvalue weighted by molar-refractivity contribution is 0.127. The van der Waals surface area contributed by atoms with Gasteiger partial charge in [0.1, 0.15) is 11.6 Å². The van der Waals surface area contributed by atoms with E-state index in [1.807, 2.05) is 13.0 Å². The Bertz CT molecular complexity index is 870. The Hall–Kier alpha value is -2.48. The lowest BCUT2D eigenvalue weighted by Crippen LogP contribution is -2.45. The summed E-state index contributed by atoms with van der Waals surface area (Å²) in [5.74, 6) is 1.58. The van der Waals surface area contributed by atoms with Gasteiger partial charge in [-0.1, -0.05) is 0 Å². The molecular formula is C20H28N6O2. The zero-order valence-corrected chi connectivity index (χ0v) is 16.3. The topological polar surface area (TPSA) is 96.2 Å². The van der Waals surface area contributed by atoms with Gasteiger partial charge >= 0.3 is 0 Å². The molecule has 2 aromatic rings. The standard InChI is InChI=1S/C20H28N6O2/c1-14-11-21-13-18(23-14)22-12-15-5-2-3-10-25(15)19-8-9-20(28)26(24-19)16-6-4-7-17(16)27/h8-9,11,13,15-17,27H,2-7,10,12H2,1H3,(H,22,23). The maximum atomic E-state index is 12.4. The molecule has 2 aromatic heterocycles. The molecule has 150 valence electrons. The first-order valence-corrected chi connectivity index (χ1v) is 10.2. The van der Waals surface area contributed by atoms with Gasteiger partial charge in [-0.3, -0.25) is 9.78 Å². The fraction of sp³-hybridized carbons (Fsp3) is 0.600. The highest BCUT2D eigenvalue weighted by atomic mass is 16.3. The van der Waals surface area contributed by atoms with E-state index in [1.54, 1.807) is 18.5 Å². The monoisotopic (exact) mass is 384 g/mol. The number of piperidine rings is 1. The highest BCUT2D eigenvalue weighted by Crippen LogP contribution is 2.29. The summed E-state index contributed by atoms with van der Waals surface area (Å²) in [4.78, 5) is 23.3. The molecule has 0 aromatic carbocycles. The average Bonchev–Trinajstić information content (AvgIpc) is 3.13. The SMILES string of the molecule is Cc1cncc(NCC2CCCCN2c2ccc(=O)n(C3CCCC3O)n2)n1. The minimum absolute atomic E-state index is 0.142. The number of aliphatic hydroxyl groups excluding tert-OH is 1. The molecule has 1 saturated carbocycles. The normalized spacial score (nSPS) is 25.1. The molecule has 2 aliphatic rings. The molecule has 3 heterocycles. The van der Waals surface area contributed by atoms with Crippen molar-refractivity contribution in [2.75, 3.05) is 23.3 Å². The number of aryl methyl sites for hydroxylation is 1. The van der Waals surface area contributed by atoms with Gasteiger partial charge in [-0.05, 0) is 51.5 Å². The van der Waals surface area contributed by atoms with Crippen LogP contribution in [0.1, 0.15) is 50.3 Å². The molecule has 0 spiro atoms. The molecule has 8 nitrogen and oxygen atoms in total. The zero-order chi connectivity index (χ0) is 19.5. The number of anilines is 2. The minimum Gasteiger partial charge on any atom is -0.391 e. The third-order valence-electron chi connectivity index (χ3n) is 5.76. The molecule has 0 bridgehead atoms. The van der Waals surface area contributed by atoms with Gasteiger partial charge < -0.3 is 15.3 Å². The number of nitrogens with one attached hydrogen (secondary N) is 1. The average molecular weight is 384 g/mol. The van der Waals surface area contributed by atoms with Gasteiger partial charge in [0.25, 0.3) is 5.56 Å². The van der Waals surface area contributed by atoms with Crippen LogP contribution < -0.4 is 15.8 Å². The Labute approximate surface area is 164 Å². The molecule has 1 saturated heterocycles. The first-order valence-electron chi connectivity index (χ1n) is 10.2. The molecule has 4 rings (SSSR count). The van der Waals surface area contributed by atoms with Crippen LogP contribution in [-0.4, -0.2) is 50.1 Å². The van der Waals surface area contributed by atoms with E-state index in [4.69, 9.17) is 0 Å². The van der Waals surface area contributed by atoms with Gasteiger partial charge in [0, 0.05) is 31.4 Å². The number of rotatable bonds is 5. The Balaban J connectivity index is 1.53. The third kappa shape index (κ3) is 4.01. The van der Waals surface area contributed by atoms with Crippen molar-refractivity contribution in [2.24, 2.45) is 0 Å². The first-order chi connectivity index (χ1) is 13.6. The summed E-state index contributed by atoms with van der Waals surface area (Å²) in [5, 5.41) is 18.3. The molecule has 1 aliphatic carbocycles. The highest BCUT2D eigenvalue weighted by molar-refractivity contribution is 5.40. The lowest BCUT2D eigenvalue weighted by Gasteiger charge is -2.37. The number of aliphatic hydroxyl groups is 1. The number of nitrogens with zero attached hydrogens (tertiary/aromatic N) is 5. The summed E-state index contributed by atoms with van der Waals surface area (Å²) in [5.41, 5.74) is 0.741. The second-order valence-electron chi connectivity index (χ2n) is 7.81. The molecule has 3 unspecified atom stereocenters. The second kappa shape index (κ2) is 8.26. The summed E-state index contributed by atoms with van der Waals surface area (Å²) in [6.07, 6.45) is 8.78. The summed E-state index contributed by atoms with van der Waals surface area (Å²) >= 11 is 0. The maximum absolute atomic E-state index is 12.4. The maximum Gasteiger partial charge on any atom is 0.267 e. The summed E-state index contributed by atoms with van der Waals surface area (Å²) in [6.45, 7) is 3.57. The molecule has 0 radical (unpaired) electrons. The van der Waals surface area contributed by atoms with Gasteiger partial charge in [-0.25, -0.2) is 9.67 Å². The largest absolute Gasteiger partial charge is 0.391 e. The zero-order valence-electron chi connectivity index (χ0n) is 16.3. The molecule has 1 aliphatic heterocycles. The van der Waals surface area contributed by atoms with Crippen molar-refractivity contribution in [1.29, 1.82) is 0 Å². The van der Waals surface area contributed by atoms with Crippen LogP contribution in [0.3, 0.4) is 0 Å². The van der Waals surface area contributed by atoms with E-state index in [9.17, 15) is 9.90 Å². The molecule has 0 amide bonds. The fourth-order valence-corrected chi connectivity index (χ4v) is 4.30. The lowest BCUT2D eigenvalue weighted by atomic mass is 10.0. The van der Waals surface area contributed by atoms with Crippen LogP contribution in [0.2, 0.25) is 0 Å². The van der Waals surface area contributed by atoms with Crippen LogP contribution in [0, 0.1) is 6.92 Å². The van der Waals surface area contributed by atoms with Crippen LogP contribution in [0.5, 0.6) is 0 Å². The van der Waals surface area contributed by atoms with Crippen molar-refractivity contribution >= 4 is 11.6 Å². The van der Waals surface area contributed by atoms with Gasteiger partial charge in [-0.2, -0.15) is 5.10 Å². The smallest absolute Gasteiger partial charge is 0.267 e. The van der Waals surface area contributed by atoms with Crippen LogP contribution in [0.4, 0.5) is 11.6 Å². The van der Waals surface area contributed by atoms with Crippen molar-refractivity contribution in [1.82, 2.24) is 19.7 Å². The predicted molar refractivity (Wildman–Crippen MR) is 108 cm³/mol. The highest BCUT2D eigenvalue weighted by Gasteiger charge is 2.30. The van der Waals surface area contributed by atoms with Crippen LogP contribution in [-0.2, 0) is 0 Å². The summed E-state index contributed by atoms with van der Waals surface area (Å²) < 4.78 is 1.50. The van der Waals surface area contributed by atoms with E-state index < -0.39 is 6.10 Å². The number of hydrogen-bond donors (Lipinski definition) is 2. The van der Waals surface area contributed by atoms with E-state index >= 15 is 0 Å². The Morgan fingerprint density at radius 2 is 2.07 bits per heavy atom. The van der Waals surface area contributed by atoms with Gasteiger partial charge in [0.2, 0.25) is 0 Å². The van der Waals surface area contributed by atoms with Crippen molar-refractivity contribution in [3.63, 3.8) is 0 Å².